The van der Waals surface area contributed by atoms with Crippen LogP contribution in [0.15, 0.2) is 72.8 Å². The van der Waals surface area contributed by atoms with Gasteiger partial charge in [-0.2, -0.15) is 0 Å². The second-order valence-electron chi connectivity index (χ2n) is 6.29. The molecule has 0 radical (unpaired) electrons. The van der Waals surface area contributed by atoms with Crippen molar-refractivity contribution >= 4 is 45.6 Å². The Bertz CT molecular complexity index is 876. The highest BCUT2D eigenvalue weighted by atomic mass is 35.5. The molecular weight excluding hydrogens is 365 g/mol. The SMILES string of the molecule is O=C(Nc1cccc2ccccc12)C(Cl)(CCCCCl)c1ccccc1. The molecule has 0 heterocycles. The van der Waals surface area contributed by atoms with Crippen LogP contribution in [-0.2, 0) is 9.67 Å². The van der Waals surface area contributed by atoms with E-state index in [1.54, 1.807) is 0 Å². The van der Waals surface area contributed by atoms with Gasteiger partial charge < -0.3 is 5.32 Å². The van der Waals surface area contributed by atoms with Crippen LogP contribution in [-0.4, -0.2) is 11.8 Å². The summed E-state index contributed by atoms with van der Waals surface area (Å²) in [6, 6.07) is 23.3. The molecule has 1 amide bonds. The van der Waals surface area contributed by atoms with E-state index < -0.39 is 4.87 Å². The zero-order valence-corrected chi connectivity index (χ0v) is 15.9. The van der Waals surface area contributed by atoms with Crippen molar-refractivity contribution in [2.75, 3.05) is 11.2 Å². The maximum absolute atomic E-state index is 13.2. The molecule has 1 N–H and O–H groups in total. The van der Waals surface area contributed by atoms with E-state index in [-0.39, 0.29) is 5.91 Å². The summed E-state index contributed by atoms with van der Waals surface area (Å²) in [6.45, 7) is 0. The van der Waals surface area contributed by atoms with E-state index in [4.69, 9.17) is 23.2 Å². The smallest absolute Gasteiger partial charge is 0.250 e. The summed E-state index contributed by atoms with van der Waals surface area (Å²) in [4.78, 5) is 12.1. The van der Waals surface area contributed by atoms with Gasteiger partial charge in [0.1, 0.15) is 4.87 Å². The zero-order valence-electron chi connectivity index (χ0n) is 14.4. The Hall–Kier alpha value is -2.03. The van der Waals surface area contributed by atoms with E-state index in [0.717, 1.165) is 34.9 Å². The van der Waals surface area contributed by atoms with E-state index in [0.29, 0.717) is 12.3 Å². The van der Waals surface area contributed by atoms with Gasteiger partial charge in [0.2, 0.25) is 5.91 Å². The number of carbonyl (C=O) groups excluding carboxylic acids is 1. The summed E-state index contributed by atoms with van der Waals surface area (Å²) in [6.07, 6.45) is 2.14. The van der Waals surface area contributed by atoms with Crippen LogP contribution in [0.1, 0.15) is 24.8 Å². The first-order valence-corrected chi connectivity index (χ1v) is 9.66. The third-order valence-corrected chi connectivity index (χ3v) is 5.38. The molecule has 26 heavy (non-hydrogen) atoms. The van der Waals surface area contributed by atoms with Crippen LogP contribution >= 0.6 is 23.2 Å². The van der Waals surface area contributed by atoms with Gasteiger partial charge in [-0.05, 0) is 36.3 Å². The molecule has 3 aromatic rings. The summed E-state index contributed by atoms with van der Waals surface area (Å²) in [5.41, 5.74) is 1.57. The molecule has 0 saturated heterocycles. The first-order valence-electron chi connectivity index (χ1n) is 8.75. The number of amides is 1. The first kappa shape index (κ1) is 18.8. The number of halogens is 2. The molecule has 3 rings (SSSR count). The molecule has 0 aromatic heterocycles. The molecule has 134 valence electrons. The normalized spacial score (nSPS) is 13.3. The third kappa shape index (κ3) is 4.03. The van der Waals surface area contributed by atoms with Gasteiger partial charge in [-0.15, -0.1) is 23.2 Å². The Morgan fingerprint density at radius 2 is 1.58 bits per heavy atom. The summed E-state index contributed by atoms with van der Waals surface area (Å²) >= 11 is 12.7. The number of alkyl halides is 2. The van der Waals surface area contributed by atoms with Crippen LogP contribution < -0.4 is 5.32 Å². The van der Waals surface area contributed by atoms with Crippen LogP contribution in [0.25, 0.3) is 10.8 Å². The van der Waals surface area contributed by atoms with Gasteiger partial charge in [0.15, 0.2) is 0 Å². The van der Waals surface area contributed by atoms with Gasteiger partial charge in [0.05, 0.1) is 0 Å². The van der Waals surface area contributed by atoms with E-state index in [1.807, 2.05) is 72.8 Å². The highest BCUT2D eigenvalue weighted by Crippen LogP contribution is 2.37. The summed E-state index contributed by atoms with van der Waals surface area (Å²) < 4.78 is 0. The van der Waals surface area contributed by atoms with Gasteiger partial charge in [-0.25, -0.2) is 0 Å². The van der Waals surface area contributed by atoms with Crippen molar-refractivity contribution in [1.29, 1.82) is 0 Å². The van der Waals surface area contributed by atoms with Gasteiger partial charge in [0, 0.05) is 17.0 Å². The van der Waals surface area contributed by atoms with Crippen LogP contribution in [0, 0.1) is 0 Å². The fraction of sp³-hybridized carbons (Fsp3) is 0.227. The van der Waals surface area contributed by atoms with Crippen LogP contribution in [0.3, 0.4) is 0 Å². The molecule has 0 spiro atoms. The van der Waals surface area contributed by atoms with Crippen molar-refractivity contribution in [1.82, 2.24) is 0 Å². The van der Waals surface area contributed by atoms with E-state index in [2.05, 4.69) is 5.32 Å². The van der Waals surface area contributed by atoms with Crippen molar-refractivity contribution in [3.63, 3.8) is 0 Å². The number of hydrogen-bond acceptors (Lipinski definition) is 1. The van der Waals surface area contributed by atoms with Gasteiger partial charge in [-0.1, -0.05) is 66.7 Å². The lowest BCUT2D eigenvalue weighted by Crippen LogP contribution is -2.35. The molecule has 0 aliphatic rings. The molecule has 0 bridgehead atoms. The number of rotatable bonds is 7. The number of nitrogens with one attached hydrogen (secondary N) is 1. The van der Waals surface area contributed by atoms with Crippen LogP contribution in [0.2, 0.25) is 0 Å². The fourth-order valence-electron chi connectivity index (χ4n) is 3.11. The second kappa shape index (κ2) is 8.57. The molecule has 4 heteroatoms. The van der Waals surface area contributed by atoms with Crippen molar-refractivity contribution in [3.05, 3.63) is 78.4 Å². The number of hydrogen-bond donors (Lipinski definition) is 1. The standard InChI is InChI=1S/C22H21Cl2NO/c23-16-7-6-15-22(24,18-11-2-1-3-12-18)21(26)25-20-14-8-10-17-9-4-5-13-19(17)20/h1-5,8-14H,6-7,15-16H2,(H,25,26). The molecule has 0 aliphatic heterocycles. The van der Waals surface area contributed by atoms with E-state index in [9.17, 15) is 4.79 Å². The minimum Gasteiger partial charge on any atom is -0.324 e. The lowest BCUT2D eigenvalue weighted by molar-refractivity contribution is -0.119. The summed E-state index contributed by atoms with van der Waals surface area (Å²) in [5, 5.41) is 5.12. The topological polar surface area (TPSA) is 29.1 Å². The summed E-state index contributed by atoms with van der Waals surface area (Å²) in [5.74, 6) is 0.350. The highest BCUT2D eigenvalue weighted by molar-refractivity contribution is 6.36. The number of fused-ring (bicyclic) bond motifs is 1. The predicted octanol–water partition coefficient (Wildman–Crippen LogP) is 6.32. The molecule has 2 nitrogen and oxygen atoms in total. The number of unbranched alkanes of at least 4 members (excludes halogenated alkanes) is 1. The second-order valence-corrected chi connectivity index (χ2v) is 7.32. The Morgan fingerprint density at radius 1 is 0.885 bits per heavy atom. The minimum atomic E-state index is -1.12. The lowest BCUT2D eigenvalue weighted by atomic mass is 9.91. The fourth-order valence-corrected chi connectivity index (χ4v) is 3.61. The molecular formula is C22H21Cl2NO. The van der Waals surface area contributed by atoms with Crippen molar-refractivity contribution < 1.29 is 4.79 Å². The van der Waals surface area contributed by atoms with Crippen LogP contribution in [0.5, 0.6) is 0 Å². The first-order chi connectivity index (χ1) is 12.6. The van der Waals surface area contributed by atoms with Crippen molar-refractivity contribution in [3.8, 4) is 0 Å². The maximum Gasteiger partial charge on any atom is 0.250 e. The Morgan fingerprint density at radius 3 is 2.35 bits per heavy atom. The predicted molar refractivity (Wildman–Crippen MR) is 111 cm³/mol. The minimum absolute atomic E-state index is 0.212. The molecule has 1 unspecified atom stereocenters. The van der Waals surface area contributed by atoms with Crippen molar-refractivity contribution in [2.45, 2.75) is 24.1 Å². The quantitative estimate of drug-likeness (QED) is 0.374. The van der Waals surface area contributed by atoms with Gasteiger partial charge in [0.25, 0.3) is 0 Å². The average Bonchev–Trinajstić information content (AvgIpc) is 2.69. The molecule has 0 aliphatic carbocycles. The molecule has 0 saturated carbocycles. The third-order valence-electron chi connectivity index (χ3n) is 4.53. The van der Waals surface area contributed by atoms with Gasteiger partial charge >= 0.3 is 0 Å². The summed E-state index contributed by atoms with van der Waals surface area (Å²) in [7, 11) is 0. The maximum atomic E-state index is 13.2. The molecule has 1 atom stereocenters. The Kier molecular flexibility index (Phi) is 6.18. The molecule has 0 fully saturated rings. The largest absolute Gasteiger partial charge is 0.324 e. The zero-order chi connectivity index (χ0) is 18.4. The Balaban J connectivity index is 1.92. The number of carbonyl (C=O) groups is 1. The van der Waals surface area contributed by atoms with Crippen molar-refractivity contribution in [2.24, 2.45) is 0 Å². The Labute approximate surface area is 164 Å². The average molecular weight is 386 g/mol. The van der Waals surface area contributed by atoms with Gasteiger partial charge in [-0.3, -0.25) is 4.79 Å². The lowest BCUT2D eigenvalue weighted by Gasteiger charge is -2.27. The highest BCUT2D eigenvalue weighted by Gasteiger charge is 2.37. The van der Waals surface area contributed by atoms with E-state index in [1.165, 1.54) is 0 Å². The molecule has 3 aromatic carbocycles. The van der Waals surface area contributed by atoms with E-state index >= 15 is 0 Å². The van der Waals surface area contributed by atoms with Crippen LogP contribution in [0.4, 0.5) is 5.69 Å². The monoisotopic (exact) mass is 385 g/mol. The number of anilines is 1. The number of benzene rings is 3.